The highest BCUT2D eigenvalue weighted by Gasteiger charge is 2.10. The van der Waals surface area contributed by atoms with Gasteiger partial charge in [-0.1, -0.05) is 0 Å². The fourth-order valence-electron chi connectivity index (χ4n) is 1.58. The van der Waals surface area contributed by atoms with Crippen molar-refractivity contribution >= 4 is 16.9 Å². The van der Waals surface area contributed by atoms with Crippen LogP contribution in [0, 0.1) is 12.3 Å². The van der Waals surface area contributed by atoms with Crippen LogP contribution in [-0.4, -0.2) is 20.6 Å². The van der Waals surface area contributed by atoms with E-state index in [2.05, 4.69) is 10.1 Å². The topological polar surface area (TPSA) is 101 Å². The Morgan fingerprint density at radius 2 is 2.33 bits per heavy atom. The number of pyridine rings is 1. The maximum Gasteiger partial charge on any atom is 0.259 e. The third-order valence-electron chi connectivity index (χ3n) is 2.32. The van der Waals surface area contributed by atoms with Crippen molar-refractivity contribution in [2.45, 2.75) is 6.92 Å². The molecule has 6 nitrogen and oxygen atoms in total. The van der Waals surface area contributed by atoms with Crippen molar-refractivity contribution in [2.75, 3.05) is 0 Å². The number of aromatic nitrogens is 3. The van der Waals surface area contributed by atoms with Gasteiger partial charge in [0, 0.05) is 7.05 Å². The maximum absolute atomic E-state index is 11.5. The van der Waals surface area contributed by atoms with Gasteiger partial charge in [0.15, 0.2) is 0 Å². The number of nitrogen functional groups attached to an aromatic ring is 1. The number of hydrogen-bond acceptors (Lipinski definition) is 3. The molecule has 2 aromatic rings. The number of hydrogen-bond donors (Lipinski definition) is 3. The van der Waals surface area contributed by atoms with Gasteiger partial charge >= 0.3 is 0 Å². The van der Waals surface area contributed by atoms with E-state index in [9.17, 15) is 4.79 Å². The molecular formula is C9H11N5O. The first-order valence-electron chi connectivity index (χ1n) is 4.41. The SMILES string of the molecule is Cc1nn(C)c2cc(C(=N)N)c(=O)[nH]c12. The summed E-state index contributed by atoms with van der Waals surface area (Å²) in [6.07, 6.45) is 0. The maximum atomic E-state index is 11.5. The Morgan fingerprint density at radius 1 is 1.67 bits per heavy atom. The molecule has 6 heteroatoms. The number of amidine groups is 1. The fourth-order valence-corrected chi connectivity index (χ4v) is 1.58. The van der Waals surface area contributed by atoms with Crippen LogP contribution in [0.4, 0.5) is 0 Å². The Bertz CT molecular complexity index is 607. The van der Waals surface area contributed by atoms with Gasteiger partial charge in [0.05, 0.1) is 22.3 Å². The van der Waals surface area contributed by atoms with Gasteiger partial charge in [-0.15, -0.1) is 0 Å². The molecule has 0 saturated heterocycles. The van der Waals surface area contributed by atoms with E-state index in [0.717, 1.165) is 11.2 Å². The lowest BCUT2D eigenvalue weighted by Crippen LogP contribution is -2.23. The molecule has 2 heterocycles. The second-order valence-electron chi connectivity index (χ2n) is 3.40. The van der Waals surface area contributed by atoms with Crippen molar-refractivity contribution in [3.63, 3.8) is 0 Å². The summed E-state index contributed by atoms with van der Waals surface area (Å²) in [5, 5.41) is 11.4. The van der Waals surface area contributed by atoms with Gasteiger partial charge in [0.1, 0.15) is 5.84 Å². The summed E-state index contributed by atoms with van der Waals surface area (Å²) in [4.78, 5) is 14.2. The van der Waals surface area contributed by atoms with Crippen LogP contribution < -0.4 is 11.3 Å². The van der Waals surface area contributed by atoms with Crippen LogP contribution in [0.1, 0.15) is 11.3 Å². The van der Waals surface area contributed by atoms with Gasteiger partial charge in [-0.3, -0.25) is 14.9 Å². The minimum absolute atomic E-state index is 0.172. The zero-order valence-electron chi connectivity index (χ0n) is 8.46. The zero-order valence-corrected chi connectivity index (χ0v) is 8.46. The van der Waals surface area contributed by atoms with Crippen LogP contribution in [-0.2, 0) is 7.05 Å². The van der Waals surface area contributed by atoms with Crippen molar-refractivity contribution in [2.24, 2.45) is 12.8 Å². The van der Waals surface area contributed by atoms with E-state index in [4.69, 9.17) is 11.1 Å². The quantitative estimate of drug-likeness (QED) is 0.446. The average Bonchev–Trinajstić information content (AvgIpc) is 2.41. The van der Waals surface area contributed by atoms with Crippen molar-refractivity contribution in [3.05, 3.63) is 27.7 Å². The van der Waals surface area contributed by atoms with E-state index in [1.807, 2.05) is 6.92 Å². The Labute approximate surface area is 85.2 Å². The predicted molar refractivity (Wildman–Crippen MR) is 57.1 cm³/mol. The molecule has 0 spiro atoms. The molecule has 0 unspecified atom stereocenters. The lowest BCUT2D eigenvalue weighted by atomic mass is 10.2. The molecule has 0 bridgehead atoms. The summed E-state index contributed by atoms with van der Waals surface area (Å²) in [6.45, 7) is 1.81. The summed E-state index contributed by atoms with van der Waals surface area (Å²) in [5.41, 5.74) is 7.31. The smallest absolute Gasteiger partial charge is 0.259 e. The molecule has 0 aliphatic heterocycles. The molecule has 0 saturated carbocycles. The molecule has 0 amide bonds. The number of fused-ring (bicyclic) bond motifs is 1. The molecule has 78 valence electrons. The molecule has 2 rings (SSSR count). The molecule has 0 fully saturated rings. The highest BCUT2D eigenvalue weighted by molar-refractivity contribution is 5.97. The molecule has 0 aliphatic carbocycles. The van der Waals surface area contributed by atoms with Gasteiger partial charge in [0.2, 0.25) is 0 Å². The highest BCUT2D eigenvalue weighted by atomic mass is 16.1. The summed E-state index contributed by atoms with van der Waals surface area (Å²) < 4.78 is 1.65. The number of nitrogens with one attached hydrogen (secondary N) is 2. The van der Waals surface area contributed by atoms with Gasteiger partial charge in [-0.25, -0.2) is 0 Å². The van der Waals surface area contributed by atoms with Crippen LogP contribution in [0.25, 0.3) is 11.0 Å². The van der Waals surface area contributed by atoms with Gasteiger partial charge in [0.25, 0.3) is 5.56 Å². The van der Waals surface area contributed by atoms with E-state index in [1.54, 1.807) is 17.8 Å². The van der Waals surface area contributed by atoms with E-state index in [-0.39, 0.29) is 17.0 Å². The number of nitrogens with zero attached hydrogens (tertiary/aromatic N) is 2. The molecule has 0 atom stereocenters. The lowest BCUT2D eigenvalue weighted by Gasteiger charge is -1.98. The Balaban J connectivity index is 2.91. The van der Waals surface area contributed by atoms with Crippen molar-refractivity contribution in [1.82, 2.24) is 14.8 Å². The summed E-state index contributed by atoms with van der Waals surface area (Å²) >= 11 is 0. The van der Waals surface area contributed by atoms with Crippen molar-refractivity contribution in [3.8, 4) is 0 Å². The molecule has 0 aliphatic rings. The third-order valence-corrected chi connectivity index (χ3v) is 2.32. The van der Waals surface area contributed by atoms with E-state index >= 15 is 0 Å². The number of aromatic amines is 1. The molecule has 0 radical (unpaired) electrons. The fraction of sp³-hybridized carbons (Fsp3) is 0.222. The largest absolute Gasteiger partial charge is 0.384 e. The van der Waals surface area contributed by atoms with Crippen LogP contribution in [0.3, 0.4) is 0 Å². The van der Waals surface area contributed by atoms with Gasteiger partial charge in [-0.2, -0.15) is 5.10 Å². The first kappa shape index (κ1) is 9.45. The van der Waals surface area contributed by atoms with Crippen molar-refractivity contribution < 1.29 is 0 Å². The Morgan fingerprint density at radius 3 is 2.93 bits per heavy atom. The van der Waals surface area contributed by atoms with Crippen LogP contribution in [0.2, 0.25) is 0 Å². The first-order chi connectivity index (χ1) is 7.00. The normalized spacial score (nSPS) is 10.8. The van der Waals surface area contributed by atoms with Gasteiger partial charge < -0.3 is 10.7 Å². The number of aryl methyl sites for hydroxylation is 2. The van der Waals surface area contributed by atoms with Crippen LogP contribution >= 0.6 is 0 Å². The average molecular weight is 205 g/mol. The Hall–Kier alpha value is -2.11. The monoisotopic (exact) mass is 205 g/mol. The minimum Gasteiger partial charge on any atom is -0.384 e. The molecule has 0 aromatic carbocycles. The second kappa shape index (κ2) is 2.94. The summed E-state index contributed by atoms with van der Waals surface area (Å²) in [5.74, 6) is -0.239. The highest BCUT2D eigenvalue weighted by Crippen LogP contribution is 2.13. The summed E-state index contributed by atoms with van der Waals surface area (Å²) in [7, 11) is 1.78. The van der Waals surface area contributed by atoms with Crippen LogP contribution in [0.5, 0.6) is 0 Å². The molecule has 4 N–H and O–H groups in total. The second-order valence-corrected chi connectivity index (χ2v) is 3.40. The molecular weight excluding hydrogens is 194 g/mol. The minimum atomic E-state index is -0.355. The van der Waals surface area contributed by atoms with E-state index in [1.165, 1.54) is 0 Å². The van der Waals surface area contributed by atoms with E-state index in [0.29, 0.717) is 5.52 Å². The molecule has 2 aromatic heterocycles. The zero-order chi connectivity index (χ0) is 11.2. The standard InChI is InChI=1S/C9H11N5O/c1-4-7-6(14(2)13-4)3-5(8(10)11)9(15)12-7/h3H,1-2H3,(H3,10,11)(H,12,15). The van der Waals surface area contributed by atoms with Gasteiger partial charge in [-0.05, 0) is 13.0 Å². The number of H-pyrrole nitrogens is 1. The van der Waals surface area contributed by atoms with E-state index < -0.39 is 0 Å². The lowest BCUT2D eigenvalue weighted by molar-refractivity contribution is 0.783. The predicted octanol–water partition coefficient (Wildman–Crippen LogP) is -0.146. The molecule has 15 heavy (non-hydrogen) atoms. The Kier molecular flexibility index (Phi) is 1.85. The third kappa shape index (κ3) is 1.30. The van der Waals surface area contributed by atoms with Crippen LogP contribution in [0.15, 0.2) is 10.9 Å². The van der Waals surface area contributed by atoms with Crippen molar-refractivity contribution in [1.29, 1.82) is 5.41 Å². The number of rotatable bonds is 1. The first-order valence-corrected chi connectivity index (χ1v) is 4.41. The number of nitrogens with two attached hydrogens (primary N) is 1. The summed E-state index contributed by atoms with van der Waals surface area (Å²) in [6, 6.07) is 1.58.